The van der Waals surface area contributed by atoms with Crippen molar-refractivity contribution in [1.82, 2.24) is 9.36 Å². The third kappa shape index (κ3) is 3.21. The van der Waals surface area contributed by atoms with Gasteiger partial charge in [-0.05, 0) is 25.0 Å². The van der Waals surface area contributed by atoms with E-state index in [9.17, 15) is 9.59 Å². The molecule has 0 aliphatic heterocycles. The maximum atomic E-state index is 12.6. The number of benzene rings is 1. The molecule has 0 radical (unpaired) electrons. The highest BCUT2D eigenvalue weighted by molar-refractivity contribution is 5.85. The van der Waals surface area contributed by atoms with Gasteiger partial charge in [-0.15, -0.1) is 0 Å². The van der Waals surface area contributed by atoms with E-state index < -0.39 is 6.09 Å². The topological polar surface area (TPSA) is 65.3 Å². The van der Waals surface area contributed by atoms with Gasteiger partial charge in [-0.2, -0.15) is 0 Å². The molecule has 1 N–H and O–H groups in total. The molecule has 0 saturated carbocycles. The van der Waals surface area contributed by atoms with Crippen molar-refractivity contribution in [2.45, 2.75) is 20.8 Å². The molecule has 0 fully saturated rings. The normalized spacial score (nSPS) is 10.8. The molecule has 1 aromatic heterocycles. The summed E-state index contributed by atoms with van der Waals surface area (Å²) < 4.78 is 8.28. The number of hydrogen-bond donors (Lipinski definition) is 1. The van der Waals surface area contributed by atoms with Crippen molar-refractivity contribution in [3.8, 4) is 5.69 Å². The molecular formula is C16H21N3O3. The van der Waals surface area contributed by atoms with Gasteiger partial charge in [0.2, 0.25) is 0 Å². The average molecular weight is 303 g/mol. The third-order valence-corrected chi connectivity index (χ3v) is 3.33. The molecular weight excluding hydrogens is 282 g/mol. The first-order valence-electron chi connectivity index (χ1n) is 7.19. The monoisotopic (exact) mass is 303 g/mol. The van der Waals surface area contributed by atoms with E-state index in [1.807, 2.05) is 44.2 Å². The van der Waals surface area contributed by atoms with Gasteiger partial charge in [0.05, 0.1) is 18.0 Å². The van der Waals surface area contributed by atoms with Crippen molar-refractivity contribution in [2.75, 3.05) is 11.9 Å². The van der Waals surface area contributed by atoms with Gasteiger partial charge in [0.15, 0.2) is 0 Å². The molecule has 2 rings (SSSR count). The van der Waals surface area contributed by atoms with E-state index in [-0.39, 0.29) is 17.2 Å². The predicted molar refractivity (Wildman–Crippen MR) is 85.6 cm³/mol. The summed E-state index contributed by atoms with van der Waals surface area (Å²) in [5.41, 5.74) is 1.35. The van der Waals surface area contributed by atoms with Gasteiger partial charge < -0.3 is 4.74 Å². The lowest BCUT2D eigenvalue weighted by Gasteiger charge is -2.08. The van der Waals surface area contributed by atoms with Crippen molar-refractivity contribution in [3.63, 3.8) is 0 Å². The van der Waals surface area contributed by atoms with Crippen molar-refractivity contribution in [1.29, 1.82) is 0 Å². The first-order chi connectivity index (χ1) is 10.4. The van der Waals surface area contributed by atoms with Crippen LogP contribution in [0.4, 0.5) is 10.5 Å². The van der Waals surface area contributed by atoms with Crippen LogP contribution in [0.1, 0.15) is 19.5 Å². The molecule has 1 heterocycles. The highest BCUT2D eigenvalue weighted by Gasteiger charge is 2.18. The summed E-state index contributed by atoms with van der Waals surface area (Å²) in [6.07, 6.45) is -0.611. The van der Waals surface area contributed by atoms with Crippen LogP contribution < -0.4 is 10.9 Å². The number of amides is 1. The fourth-order valence-electron chi connectivity index (χ4n) is 2.09. The maximum absolute atomic E-state index is 12.6. The van der Waals surface area contributed by atoms with Gasteiger partial charge in [0.25, 0.3) is 5.56 Å². The van der Waals surface area contributed by atoms with Crippen LogP contribution in [-0.2, 0) is 11.8 Å². The number of nitrogens with one attached hydrogen (secondary N) is 1. The number of nitrogens with zero attached hydrogens (tertiary/aromatic N) is 2. The molecule has 6 nitrogen and oxygen atoms in total. The molecule has 1 aromatic carbocycles. The smallest absolute Gasteiger partial charge is 0.411 e. The Balaban J connectivity index is 2.31. The molecule has 0 spiro atoms. The summed E-state index contributed by atoms with van der Waals surface area (Å²) in [5.74, 6) is 0.239. The van der Waals surface area contributed by atoms with E-state index in [4.69, 9.17) is 4.74 Å². The largest absolute Gasteiger partial charge is 0.449 e. The number of ether oxygens (including phenoxy) is 1. The maximum Gasteiger partial charge on any atom is 0.411 e. The fraction of sp³-hybridized carbons (Fsp3) is 0.375. The van der Waals surface area contributed by atoms with Crippen molar-refractivity contribution >= 4 is 11.8 Å². The van der Waals surface area contributed by atoms with Crippen LogP contribution >= 0.6 is 0 Å². The van der Waals surface area contributed by atoms with E-state index in [1.54, 1.807) is 18.7 Å². The van der Waals surface area contributed by atoms with Gasteiger partial charge >= 0.3 is 6.09 Å². The number of aromatic nitrogens is 2. The molecule has 0 bridgehead atoms. The number of carbonyl (C=O) groups excluding carboxylic acids is 1. The van der Waals surface area contributed by atoms with Crippen LogP contribution in [0, 0.1) is 12.8 Å². The van der Waals surface area contributed by atoms with E-state index >= 15 is 0 Å². The second-order valence-electron chi connectivity index (χ2n) is 5.55. The highest BCUT2D eigenvalue weighted by atomic mass is 16.5. The Kier molecular flexibility index (Phi) is 4.70. The Morgan fingerprint density at radius 3 is 2.50 bits per heavy atom. The molecule has 0 aliphatic rings. The Bertz CT molecular complexity index is 714. The minimum atomic E-state index is -0.611. The fourth-order valence-corrected chi connectivity index (χ4v) is 2.09. The molecule has 118 valence electrons. The minimum Gasteiger partial charge on any atom is -0.449 e. The van der Waals surface area contributed by atoms with Gasteiger partial charge in [-0.25, -0.2) is 9.48 Å². The number of anilines is 1. The lowest BCUT2D eigenvalue weighted by molar-refractivity contribution is 0.147. The minimum absolute atomic E-state index is 0.236. The Hall–Kier alpha value is -2.50. The second-order valence-corrected chi connectivity index (χ2v) is 5.55. The summed E-state index contributed by atoms with van der Waals surface area (Å²) in [7, 11) is 1.77. The zero-order valence-corrected chi connectivity index (χ0v) is 13.3. The Morgan fingerprint density at radius 1 is 1.27 bits per heavy atom. The predicted octanol–water partition coefficient (Wildman–Crippen LogP) is 2.69. The van der Waals surface area contributed by atoms with E-state index in [0.29, 0.717) is 12.3 Å². The molecule has 0 saturated heterocycles. The molecule has 22 heavy (non-hydrogen) atoms. The van der Waals surface area contributed by atoms with Crippen molar-refractivity contribution in [2.24, 2.45) is 13.0 Å². The van der Waals surface area contributed by atoms with E-state index in [2.05, 4.69) is 5.32 Å². The summed E-state index contributed by atoms with van der Waals surface area (Å²) >= 11 is 0. The van der Waals surface area contributed by atoms with Crippen LogP contribution in [0.2, 0.25) is 0 Å². The number of para-hydroxylation sites is 1. The zero-order valence-electron chi connectivity index (χ0n) is 13.3. The summed E-state index contributed by atoms with van der Waals surface area (Å²) in [6.45, 7) is 5.98. The first-order valence-corrected chi connectivity index (χ1v) is 7.19. The Labute approximate surface area is 129 Å². The lowest BCUT2D eigenvalue weighted by Crippen LogP contribution is -2.24. The first kappa shape index (κ1) is 15.9. The molecule has 0 atom stereocenters. The Morgan fingerprint density at radius 2 is 1.91 bits per heavy atom. The van der Waals surface area contributed by atoms with Gasteiger partial charge in [0, 0.05) is 7.05 Å². The number of carbonyl (C=O) groups is 1. The molecule has 2 aromatic rings. The second kappa shape index (κ2) is 6.51. The molecule has 1 amide bonds. The molecule has 6 heteroatoms. The zero-order chi connectivity index (χ0) is 16.3. The van der Waals surface area contributed by atoms with Crippen molar-refractivity contribution in [3.05, 3.63) is 46.4 Å². The number of rotatable bonds is 4. The molecule has 0 aliphatic carbocycles. The van der Waals surface area contributed by atoms with Crippen LogP contribution in [0.5, 0.6) is 0 Å². The van der Waals surface area contributed by atoms with Gasteiger partial charge in [-0.3, -0.25) is 14.8 Å². The summed E-state index contributed by atoms with van der Waals surface area (Å²) in [5, 5.41) is 2.55. The van der Waals surface area contributed by atoms with Crippen LogP contribution in [0.3, 0.4) is 0 Å². The highest BCUT2D eigenvalue weighted by Crippen LogP contribution is 2.14. The lowest BCUT2D eigenvalue weighted by atomic mass is 10.2. The van der Waals surface area contributed by atoms with Gasteiger partial charge in [0.1, 0.15) is 5.69 Å². The van der Waals surface area contributed by atoms with E-state index in [0.717, 1.165) is 5.69 Å². The standard InChI is InChI=1S/C16H21N3O3/c1-11(2)10-22-16(21)17-14-12(3)18(4)19(15(14)20)13-8-6-5-7-9-13/h5-9,11H,10H2,1-4H3,(H,17,21). The number of hydrogen-bond acceptors (Lipinski definition) is 3. The van der Waals surface area contributed by atoms with Crippen molar-refractivity contribution < 1.29 is 9.53 Å². The SMILES string of the molecule is Cc1c(NC(=O)OCC(C)C)c(=O)n(-c2ccccc2)n1C. The summed E-state index contributed by atoms with van der Waals surface area (Å²) in [6, 6.07) is 9.26. The van der Waals surface area contributed by atoms with Crippen LogP contribution in [0.15, 0.2) is 35.1 Å². The quantitative estimate of drug-likeness (QED) is 0.944. The van der Waals surface area contributed by atoms with Crippen LogP contribution in [-0.4, -0.2) is 22.1 Å². The van der Waals surface area contributed by atoms with Gasteiger partial charge in [-0.1, -0.05) is 32.0 Å². The van der Waals surface area contributed by atoms with Crippen LogP contribution in [0.25, 0.3) is 5.69 Å². The molecule has 0 unspecified atom stereocenters. The third-order valence-electron chi connectivity index (χ3n) is 3.33. The van der Waals surface area contributed by atoms with E-state index in [1.165, 1.54) is 4.68 Å². The summed E-state index contributed by atoms with van der Waals surface area (Å²) in [4.78, 5) is 24.3. The average Bonchev–Trinajstić information content (AvgIpc) is 2.70.